The van der Waals surface area contributed by atoms with E-state index in [1.807, 2.05) is 5.38 Å². The van der Waals surface area contributed by atoms with Gasteiger partial charge in [0.1, 0.15) is 5.25 Å². The van der Waals surface area contributed by atoms with Gasteiger partial charge in [0.05, 0.1) is 5.69 Å². The molecule has 8 heteroatoms. The molecular formula is C10H13N3O3S2. The van der Waals surface area contributed by atoms with Crippen LogP contribution in [-0.4, -0.2) is 31.1 Å². The minimum atomic E-state index is -3.66. The Morgan fingerprint density at radius 1 is 1.44 bits per heavy atom. The lowest BCUT2D eigenvalue weighted by Gasteiger charge is -2.11. The van der Waals surface area contributed by atoms with Crippen LogP contribution >= 0.6 is 11.3 Å². The molecule has 1 aliphatic heterocycles. The third-order valence-electron chi connectivity index (χ3n) is 3.29. The Bertz CT molecular complexity index is 591. The molecular weight excluding hydrogens is 274 g/mol. The summed E-state index contributed by atoms with van der Waals surface area (Å²) in [4.78, 5) is 17.6. The van der Waals surface area contributed by atoms with Crippen LogP contribution < -0.4 is 10.0 Å². The number of rotatable bonds is 3. The van der Waals surface area contributed by atoms with Crippen molar-refractivity contribution < 1.29 is 13.2 Å². The number of carbonyl (C=O) groups excluding carboxylic acids is 1. The second-order valence-corrected chi connectivity index (χ2v) is 7.43. The van der Waals surface area contributed by atoms with Gasteiger partial charge < -0.3 is 0 Å². The topological polar surface area (TPSA) is 93.4 Å². The first-order valence-electron chi connectivity index (χ1n) is 5.72. The fraction of sp³-hybridized carbons (Fsp3) is 0.600. The Balaban J connectivity index is 1.81. The molecule has 2 aliphatic rings. The number of hydrogen-bond acceptors (Lipinski definition) is 5. The fourth-order valence-corrected chi connectivity index (χ4v) is 3.71. The predicted molar refractivity (Wildman–Crippen MR) is 68.0 cm³/mol. The van der Waals surface area contributed by atoms with Crippen molar-refractivity contribution in [3.63, 3.8) is 0 Å². The van der Waals surface area contributed by atoms with Crippen molar-refractivity contribution >= 4 is 32.4 Å². The highest BCUT2D eigenvalue weighted by molar-refractivity contribution is 7.89. The van der Waals surface area contributed by atoms with Crippen LogP contribution in [0.1, 0.15) is 30.9 Å². The Labute approximate surface area is 109 Å². The first-order valence-corrected chi connectivity index (χ1v) is 8.21. The smallest absolute Gasteiger partial charge is 0.230 e. The minimum Gasteiger partial charge on any atom is -0.287 e. The van der Waals surface area contributed by atoms with E-state index in [-0.39, 0.29) is 18.9 Å². The Morgan fingerprint density at radius 3 is 2.72 bits per heavy atom. The van der Waals surface area contributed by atoms with Gasteiger partial charge in [-0.05, 0) is 12.8 Å². The summed E-state index contributed by atoms with van der Waals surface area (Å²) in [5, 5.41) is 6.82. The summed E-state index contributed by atoms with van der Waals surface area (Å²) in [6.07, 6.45) is 2.25. The SMILES string of the molecule is NS(=O)(=O)C1CC(=O)N(c2nc(C3CC3)cs2)C1. The second kappa shape index (κ2) is 4.01. The molecule has 18 heavy (non-hydrogen) atoms. The summed E-state index contributed by atoms with van der Waals surface area (Å²) >= 11 is 1.39. The number of hydrogen-bond donors (Lipinski definition) is 1. The zero-order chi connectivity index (χ0) is 12.9. The maximum absolute atomic E-state index is 11.8. The molecule has 1 saturated carbocycles. The van der Waals surface area contributed by atoms with E-state index >= 15 is 0 Å². The van der Waals surface area contributed by atoms with Gasteiger partial charge in [0.15, 0.2) is 5.13 Å². The number of primary sulfonamides is 1. The van der Waals surface area contributed by atoms with E-state index < -0.39 is 15.3 Å². The molecule has 1 atom stereocenters. The molecule has 0 aromatic carbocycles. The van der Waals surface area contributed by atoms with Crippen molar-refractivity contribution in [2.45, 2.75) is 30.4 Å². The Kier molecular flexibility index (Phi) is 2.68. The van der Waals surface area contributed by atoms with E-state index in [9.17, 15) is 13.2 Å². The summed E-state index contributed by atoms with van der Waals surface area (Å²) in [7, 11) is -3.66. The highest BCUT2D eigenvalue weighted by Gasteiger charge is 2.38. The molecule has 3 rings (SSSR count). The van der Waals surface area contributed by atoms with Gasteiger partial charge in [0, 0.05) is 24.3 Å². The molecule has 0 radical (unpaired) electrons. The third-order valence-corrected chi connectivity index (χ3v) is 5.42. The average molecular weight is 287 g/mol. The van der Waals surface area contributed by atoms with Crippen LogP contribution in [0.2, 0.25) is 0 Å². The summed E-state index contributed by atoms with van der Waals surface area (Å²) in [6, 6.07) is 0. The standard InChI is InChI=1S/C10H13N3O3S2/c11-18(15,16)7-3-9(14)13(4-7)10-12-8(5-17-10)6-1-2-6/h5-7H,1-4H2,(H2,11,15,16). The van der Waals surface area contributed by atoms with E-state index in [1.165, 1.54) is 16.2 Å². The van der Waals surface area contributed by atoms with E-state index in [0.717, 1.165) is 18.5 Å². The maximum atomic E-state index is 11.8. The maximum Gasteiger partial charge on any atom is 0.230 e. The van der Waals surface area contributed by atoms with Crippen molar-refractivity contribution in [3.8, 4) is 0 Å². The minimum absolute atomic E-state index is 0.0445. The van der Waals surface area contributed by atoms with E-state index in [1.54, 1.807) is 0 Å². The van der Waals surface area contributed by atoms with Gasteiger partial charge in [-0.1, -0.05) is 0 Å². The number of carbonyl (C=O) groups is 1. The molecule has 2 fully saturated rings. The van der Waals surface area contributed by atoms with Gasteiger partial charge in [-0.25, -0.2) is 18.5 Å². The molecule has 0 bridgehead atoms. The summed E-state index contributed by atoms with van der Waals surface area (Å²) < 4.78 is 22.5. The molecule has 1 amide bonds. The van der Waals surface area contributed by atoms with Crippen LogP contribution in [0.25, 0.3) is 0 Å². The molecule has 0 spiro atoms. The number of thiazole rings is 1. The largest absolute Gasteiger partial charge is 0.287 e. The van der Waals surface area contributed by atoms with E-state index in [0.29, 0.717) is 11.0 Å². The van der Waals surface area contributed by atoms with Crippen LogP contribution in [0.4, 0.5) is 5.13 Å². The normalized spacial score (nSPS) is 24.8. The lowest BCUT2D eigenvalue weighted by molar-refractivity contribution is -0.117. The second-order valence-electron chi connectivity index (χ2n) is 4.75. The number of amides is 1. The van der Waals surface area contributed by atoms with Gasteiger partial charge in [-0.15, -0.1) is 11.3 Å². The van der Waals surface area contributed by atoms with Crippen molar-refractivity contribution in [3.05, 3.63) is 11.1 Å². The highest BCUT2D eigenvalue weighted by atomic mass is 32.2. The Morgan fingerprint density at radius 2 is 2.17 bits per heavy atom. The molecule has 1 aliphatic carbocycles. The number of anilines is 1. The van der Waals surface area contributed by atoms with Crippen LogP contribution in [0.3, 0.4) is 0 Å². The number of sulfonamides is 1. The molecule has 98 valence electrons. The average Bonchev–Trinajstić information content (AvgIpc) is 2.86. The van der Waals surface area contributed by atoms with Crippen LogP contribution in [0, 0.1) is 0 Å². The molecule has 1 saturated heterocycles. The van der Waals surface area contributed by atoms with Gasteiger partial charge in [0.25, 0.3) is 0 Å². The van der Waals surface area contributed by atoms with Gasteiger partial charge in [-0.2, -0.15) is 0 Å². The summed E-state index contributed by atoms with van der Waals surface area (Å²) in [5.74, 6) is 0.312. The van der Waals surface area contributed by atoms with Crippen LogP contribution in [0.5, 0.6) is 0 Å². The molecule has 2 N–H and O–H groups in total. The summed E-state index contributed by atoms with van der Waals surface area (Å²) in [6.45, 7) is 0.120. The molecule has 1 unspecified atom stereocenters. The number of nitrogens with zero attached hydrogens (tertiary/aromatic N) is 2. The van der Waals surface area contributed by atoms with Crippen molar-refractivity contribution in [1.82, 2.24) is 4.98 Å². The molecule has 1 aromatic heterocycles. The number of aromatic nitrogens is 1. The van der Waals surface area contributed by atoms with Crippen molar-refractivity contribution in [2.24, 2.45) is 5.14 Å². The highest BCUT2D eigenvalue weighted by Crippen LogP contribution is 2.41. The third kappa shape index (κ3) is 2.15. The monoisotopic (exact) mass is 287 g/mol. The first kappa shape index (κ1) is 12.1. The zero-order valence-corrected chi connectivity index (χ0v) is 11.2. The van der Waals surface area contributed by atoms with Crippen molar-refractivity contribution in [1.29, 1.82) is 0 Å². The molecule has 2 heterocycles. The first-order chi connectivity index (χ1) is 8.45. The van der Waals surface area contributed by atoms with E-state index in [4.69, 9.17) is 5.14 Å². The van der Waals surface area contributed by atoms with Gasteiger partial charge >= 0.3 is 0 Å². The fourth-order valence-electron chi connectivity index (χ4n) is 2.05. The lowest BCUT2D eigenvalue weighted by atomic mass is 10.3. The molecule has 1 aromatic rings. The summed E-state index contributed by atoms with van der Waals surface area (Å²) in [5.41, 5.74) is 1.02. The van der Waals surface area contributed by atoms with Crippen LogP contribution in [0.15, 0.2) is 5.38 Å². The molecule has 6 nitrogen and oxygen atoms in total. The van der Waals surface area contributed by atoms with Crippen LogP contribution in [-0.2, 0) is 14.8 Å². The zero-order valence-electron chi connectivity index (χ0n) is 9.57. The van der Waals surface area contributed by atoms with E-state index in [2.05, 4.69) is 4.98 Å². The van der Waals surface area contributed by atoms with Gasteiger partial charge in [0.2, 0.25) is 15.9 Å². The van der Waals surface area contributed by atoms with Crippen molar-refractivity contribution in [2.75, 3.05) is 11.4 Å². The number of nitrogens with two attached hydrogens (primary N) is 1. The quantitative estimate of drug-likeness (QED) is 0.871. The lowest BCUT2D eigenvalue weighted by Crippen LogP contribution is -2.32. The Hall–Kier alpha value is -0.990. The van der Waals surface area contributed by atoms with Gasteiger partial charge in [-0.3, -0.25) is 9.69 Å². The predicted octanol–water partition coefficient (Wildman–Crippen LogP) is 0.414.